The molecule has 0 N–H and O–H groups in total. The van der Waals surface area contributed by atoms with Crippen LogP contribution in [-0.4, -0.2) is 9.78 Å². The van der Waals surface area contributed by atoms with Gasteiger partial charge in [-0.15, -0.1) is 11.3 Å². The molecule has 0 saturated heterocycles. The molecule has 2 nitrogen and oxygen atoms in total. The summed E-state index contributed by atoms with van der Waals surface area (Å²) in [4.78, 5) is 1.25. The van der Waals surface area contributed by atoms with E-state index in [1.165, 1.54) is 8.45 Å². The quantitative estimate of drug-likeness (QED) is 0.790. The molecule has 0 amide bonds. The predicted octanol–water partition coefficient (Wildman–Crippen LogP) is 3.63. The van der Waals surface area contributed by atoms with Gasteiger partial charge in [-0.1, -0.05) is 13.0 Å². The molecule has 0 radical (unpaired) electrons. The lowest BCUT2D eigenvalue weighted by molar-refractivity contribution is 0.604. The van der Waals surface area contributed by atoms with Crippen LogP contribution in [0.5, 0.6) is 0 Å². The molecule has 0 spiro atoms. The molecule has 2 aromatic rings. The Morgan fingerprint density at radius 1 is 1.57 bits per heavy atom. The van der Waals surface area contributed by atoms with Gasteiger partial charge in [0.25, 0.3) is 0 Å². The second kappa shape index (κ2) is 4.44. The van der Waals surface area contributed by atoms with Crippen molar-refractivity contribution in [1.82, 2.24) is 9.78 Å². The van der Waals surface area contributed by atoms with Crippen LogP contribution in [0.3, 0.4) is 0 Å². The Bertz CT molecular complexity index is 406. The SMILES string of the molecule is CCCn1cc(I)c(-c2cccs2)n1. The first-order valence-electron chi connectivity index (χ1n) is 4.58. The van der Waals surface area contributed by atoms with Crippen molar-refractivity contribution in [3.63, 3.8) is 0 Å². The minimum absolute atomic E-state index is 1.00. The molecule has 0 aliphatic carbocycles. The number of hydrogen-bond donors (Lipinski definition) is 0. The van der Waals surface area contributed by atoms with E-state index in [1.807, 2.05) is 4.68 Å². The van der Waals surface area contributed by atoms with Gasteiger partial charge in [0.2, 0.25) is 0 Å². The zero-order valence-electron chi connectivity index (χ0n) is 7.90. The van der Waals surface area contributed by atoms with Crippen molar-refractivity contribution in [2.24, 2.45) is 0 Å². The molecule has 0 unspecified atom stereocenters. The summed E-state index contributed by atoms with van der Waals surface area (Å²) in [5.74, 6) is 0. The summed E-state index contributed by atoms with van der Waals surface area (Å²) in [6.45, 7) is 3.17. The summed E-state index contributed by atoms with van der Waals surface area (Å²) < 4.78 is 3.26. The van der Waals surface area contributed by atoms with Gasteiger partial charge in [-0.05, 0) is 40.5 Å². The van der Waals surface area contributed by atoms with Gasteiger partial charge in [-0.25, -0.2) is 0 Å². The van der Waals surface area contributed by atoms with E-state index in [9.17, 15) is 0 Å². The minimum Gasteiger partial charge on any atom is -0.271 e. The van der Waals surface area contributed by atoms with Crippen molar-refractivity contribution >= 4 is 33.9 Å². The van der Waals surface area contributed by atoms with Crippen LogP contribution in [0.15, 0.2) is 23.7 Å². The average molecular weight is 318 g/mol. The first-order chi connectivity index (χ1) is 6.81. The van der Waals surface area contributed by atoms with Crippen LogP contribution in [0, 0.1) is 3.57 Å². The first-order valence-corrected chi connectivity index (χ1v) is 6.54. The third-order valence-electron chi connectivity index (χ3n) is 1.92. The van der Waals surface area contributed by atoms with Gasteiger partial charge in [0, 0.05) is 12.7 Å². The normalized spacial score (nSPS) is 10.7. The summed E-state index contributed by atoms with van der Waals surface area (Å²) in [6.07, 6.45) is 3.24. The van der Waals surface area contributed by atoms with Gasteiger partial charge < -0.3 is 0 Å². The van der Waals surface area contributed by atoms with E-state index >= 15 is 0 Å². The fourth-order valence-corrected chi connectivity index (χ4v) is 2.95. The number of aromatic nitrogens is 2. The molecule has 0 aliphatic rings. The lowest BCUT2D eigenvalue weighted by Crippen LogP contribution is -1.96. The van der Waals surface area contributed by atoms with Crippen LogP contribution < -0.4 is 0 Å². The van der Waals surface area contributed by atoms with E-state index in [4.69, 9.17) is 0 Å². The third kappa shape index (κ3) is 2.00. The molecule has 4 heteroatoms. The molecule has 0 atom stereocenters. The van der Waals surface area contributed by atoms with Crippen LogP contribution >= 0.6 is 33.9 Å². The highest BCUT2D eigenvalue weighted by atomic mass is 127. The zero-order valence-corrected chi connectivity index (χ0v) is 10.9. The number of aryl methyl sites for hydroxylation is 1. The van der Waals surface area contributed by atoms with Crippen molar-refractivity contribution in [3.05, 3.63) is 27.3 Å². The zero-order chi connectivity index (χ0) is 9.97. The molecule has 14 heavy (non-hydrogen) atoms. The Morgan fingerprint density at radius 2 is 2.43 bits per heavy atom. The summed E-state index contributed by atoms with van der Waals surface area (Å²) in [5.41, 5.74) is 1.12. The number of halogens is 1. The molecule has 0 saturated carbocycles. The second-order valence-corrected chi connectivity index (χ2v) is 5.18. The largest absolute Gasteiger partial charge is 0.271 e. The van der Waals surface area contributed by atoms with Crippen LogP contribution in [-0.2, 0) is 6.54 Å². The van der Waals surface area contributed by atoms with E-state index in [0.717, 1.165) is 18.7 Å². The van der Waals surface area contributed by atoms with Crippen LogP contribution in [0.1, 0.15) is 13.3 Å². The monoisotopic (exact) mass is 318 g/mol. The van der Waals surface area contributed by atoms with Crippen molar-refractivity contribution in [2.45, 2.75) is 19.9 Å². The van der Waals surface area contributed by atoms with Crippen LogP contribution in [0.25, 0.3) is 10.6 Å². The highest BCUT2D eigenvalue weighted by Gasteiger charge is 2.08. The second-order valence-electron chi connectivity index (χ2n) is 3.07. The number of thiophene rings is 1. The van der Waals surface area contributed by atoms with E-state index in [0.29, 0.717) is 0 Å². The number of nitrogens with zero attached hydrogens (tertiary/aromatic N) is 2. The van der Waals surface area contributed by atoms with Gasteiger partial charge in [0.05, 0.1) is 8.45 Å². The highest BCUT2D eigenvalue weighted by Crippen LogP contribution is 2.27. The Balaban J connectivity index is 2.35. The maximum atomic E-state index is 4.56. The fourth-order valence-electron chi connectivity index (χ4n) is 1.32. The van der Waals surface area contributed by atoms with Gasteiger partial charge >= 0.3 is 0 Å². The van der Waals surface area contributed by atoms with Crippen molar-refractivity contribution < 1.29 is 0 Å². The summed E-state index contributed by atoms with van der Waals surface area (Å²) in [6, 6.07) is 4.18. The van der Waals surface area contributed by atoms with Crippen LogP contribution in [0.2, 0.25) is 0 Å². The molecular formula is C10H11IN2S. The first kappa shape index (κ1) is 10.2. The highest BCUT2D eigenvalue weighted by molar-refractivity contribution is 14.1. The maximum absolute atomic E-state index is 4.56. The molecule has 74 valence electrons. The Morgan fingerprint density at radius 3 is 3.07 bits per heavy atom. The van der Waals surface area contributed by atoms with Gasteiger partial charge in [-0.2, -0.15) is 5.10 Å². The molecule has 0 aromatic carbocycles. The molecule has 2 rings (SSSR count). The van der Waals surface area contributed by atoms with Crippen LogP contribution in [0.4, 0.5) is 0 Å². The van der Waals surface area contributed by atoms with E-state index < -0.39 is 0 Å². The molecule has 0 fully saturated rings. The smallest absolute Gasteiger partial charge is 0.116 e. The third-order valence-corrected chi connectivity index (χ3v) is 3.59. The van der Waals surface area contributed by atoms with E-state index in [-0.39, 0.29) is 0 Å². The lowest BCUT2D eigenvalue weighted by Gasteiger charge is -1.95. The van der Waals surface area contributed by atoms with Gasteiger partial charge in [0.1, 0.15) is 5.69 Å². The van der Waals surface area contributed by atoms with Gasteiger partial charge in [-0.3, -0.25) is 4.68 Å². The number of rotatable bonds is 3. The summed E-state index contributed by atoms with van der Waals surface area (Å²) in [7, 11) is 0. The van der Waals surface area contributed by atoms with Crippen molar-refractivity contribution in [3.8, 4) is 10.6 Å². The molecule has 0 bridgehead atoms. The lowest BCUT2D eigenvalue weighted by atomic mass is 10.3. The Labute approximate surface area is 101 Å². The molecular weight excluding hydrogens is 307 g/mol. The average Bonchev–Trinajstić information content (AvgIpc) is 2.74. The summed E-state index contributed by atoms with van der Waals surface area (Å²) >= 11 is 4.09. The molecule has 2 heterocycles. The predicted molar refractivity (Wildman–Crippen MR) is 68.5 cm³/mol. The fraction of sp³-hybridized carbons (Fsp3) is 0.300. The van der Waals surface area contributed by atoms with E-state index in [1.54, 1.807) is 11.3 Å². The van der Waals surface area contributed by atoms with E-state index in [2.05, 4.69) is 58.3 Å². The topological polar surface area (TPSA) is 17.8 Å². The number of hydrogen-bond acceptors (Lipinski definition) is 2. The van der Waals surface area contributed by atoms with Crippen molar-refractivity contribution in [1.29, 1.82) is 0 Å². The molecule has 0 aliphatic heterocycles. The minimum atomic E-state index is 1.00. The Hall–Kier alpha value is -0.360. The summed E-state index contributed by atoms with van der Waals surface area (Å²) in [5, 5.41) is 6.65. The Kier molecular flexibility index (Phi) is 3.22. The van der Waals surface area contributed by atoms with Gasteiger partial charge in [0.15, 0.2) is 0 Å². The molecule has 2 aromatic heterocycles. The standard InChI is InChI=1S/C10H11IN2S/c1-2-5-13-7-8(11)10(12-13)9-4-3-6-14-9/h3-4,6-7H,2,5H2,1H3. The maximum Gasteiger partial charge on any atom is 0.116 e. The van der Waals surface area contributed by atoms with Crippen molar-refractivity contribution in [2.75, 3.05) is 0 Å².